The molecule has 0 aromatic carbocycles. The summed E-state index contributed by atoms with van der Waals surface area (Å²) in [6, 6.07) is 0. The van der Waals surface area contributed by atoms with Crippen LogP contribution in [0.4, 0.5) is 5.82 Å². The third-order valence-electron chi connectivity index (χ3n) is 2.30. The number of anilines is 1. The van der Waals surface area contributed by atoms with Gasteiger partial charge in [-0.15, -0.1) is 0 Å². The number of halogens is 1. The molecule has 1 aliphatic rings. The maximum atomic E-state index is 11.4. The van der Waals surface area contributed by atoms with Gasteiger partial charge in [0.1, 0.15) is 10.3 Å². The van der Waals surface area contributed by atoms with Crippen LogP contribution in [0.2, 0.25) is 0 Å². The minimum absolute atomic E-state index is 0.114. The van der Waals surface area contributed by atoms with Gasteiger partial charge in [0, 0.05) is 18.8 Å². The summed E-state index contributed by atoms with van der Waals surface area (Å²) in [7, 11) is 0. The average molecular weight is 290 g/mol. The molecule has 0 unspecified atom stereocenters. The first-order valence-electron chi connectivity index (χ1n) is 4.85. The summed E-state index contributed by atoms with van der Waals surface area (Å²) in [5.74, 6) is 3.05. The summed E-state index contributed by atoms with van der Waals surface area (Å²) < 4.78 is 0.539. The highest BCUT2D eigenvalue weighted by Gasteiger charge is 2.15. The van der Waals surface area contributed by atoms with E-state index in [1.54, 1.807) is 0 Å². The Morgan fingerprint density at radius 2 is 2.33 bits per heavy atom. The summed E-state index contributed by atoms with van der Waals surface area (Å²) in [5.41, 5.74) is -0.114. The Hall–Kier alpha value is -0.490. The molecule has 1 aromatic rings. The zero-order valence-corrected chi connectivity index (χ0v) is 10.6. The van der Waals surface area contributed by atoms with Gasteiger partial charge in [0.25, 0.3) is 5.56 Å². The molecule has 1 aromatic heterocycles. The van der Waals surface area contributed by atoms with Crippen LogP contribution in [0.1, 0.15) is 6.42 Å². The zero-order chi connectivity index (χ0) is 10.7. The van der Waals surface area contributed by atoms with Crippen LogP contribution in [-0.2, 0) is 0 Å². The van der Waals surface area contributed by atoms with E-state index in [1.165, 1.54) is 12.1 Å². The second kappa shape index (κ2) is 5.03. The van der Waals surface area contributed by atoms with Crippen molar-refractivity contribution in [2.75, 3.05) is 29.5 Å². The number of nitrogens with zero attached hydrogens (tertiary/aromatic N) is 2. The minimum atomic E-state index is -0.114. The number of nitrogens with one attached hydrogen (secondary N) is 1. The van der Waals surface area contributed by atoms with Crippen molar-refractivity contribution in [1.82, 2.24) is 9.97 Å². The third kappa shape index (κ3) is 2.55. The number of H-pyrrole nitrogens is 1. The molecule has 1 fully saturated rings. The Balaban J connectivity index is 2.27. The molecular formula is C9H12BrN3OS. The van der Waals surface area contributed by atoms with E-state index in [2.05, 4.69) is 30.8 Å². The molecule has 0 saturated carbocycles. The fraction of sp³-hybridized carbons (Fsp3) is 0.556. The highest BCUT2D eigenvalue weighted by molar-refractivity contribution is 9.10. The van der Waals surface area contributed by atoms with Crippen molar-refractivity contribution in [2.45, 2.75) is 6.42 Å². The normalized spacial score (nSPS) is 17.5. The van der Waals surface area contributed by atoms with Gasteiger partial charge in [-0.1, -0.05) is 0 Å². The lowest BCUT2D eigenvalue weighted by atomic mass is 10.4. The van der Waals surface area contributed by atoms with Gasteiger partial charge in [0.2, 0.25) is 0 Å². The molecule has 0 bridgehead atoms. The predicted octanol–water partition coefficient (Wildman–Crippen LogP) is 1.48. The number of rotatable bonds is 1. The molecule has 0 radical (unpaired) electrons. The summed E-state index contributed by atoms with van der Waals surface area (Å²) in [5, 5.41) is 0. The van der Waals surface area contributed by atoms with Crippen molar-refractivity contribution in [2.24, 2.45) is 0 Å². The molecule has 2 rings (SSSR count). The van der Waals surface area contributed by atoms with Crippen LogP contribution in [0.15, 0.2) is 15.6 Å². The lowest BCUT2D eigenvalue weighted by Crippen LogP contribution is -2.28. The lowest BCUT2D eigenvalue weighted by Gasteiger charge is -2.21. The highest BCUT2D eigenvalue weighted by atomic mass is 79.9. The van der Waals surface area contributed by atoms with Gasteiger partial charge < -0.3 is 9.88 Å². The molecule has 1 aliphatic heterocycles. The molecule has 6 heteroatoms. The van der Waals surface area contributed by atoms with Crippen LogP contribution < -0.4 is 10.5 Å². The zero-order valence-electron chi connectivity index (χ0n) is 8.20. The highest BCUT2D eigenvalue weighted by Crippen LogP contribution is 2.21. The number of hydrogen-bond donors (Lipinski definition) is 1. The number of aromatic nitrogens is 2. The molecule has 82 valence electrons. The van der Waals surface area contributed by atoms with Crippen LogP contribution in [-0.4, -0.2) is 34.6 Å². The Morgan fingerprint density at radius 1 is 1.47 bits per heavy atom. The molecule has 1 saturated heterocycles. The SMILES string of the molecule is O=c1[nH]cnc(N2CCCSCC2)c1Br. The maximum absolute atomic E-state index is 11.4. The van der Waals surface area contributed by atoms with Crippen LogP contribution in [0.5, 0.6) is 0 Å². The van der Waals surface area contributed by atoms with Gasteiger partial charge in [-0.3, -0.25) is 4.79 Å². The lowest BCUT2D eigenvalue weighted by molar-refractivity contribution is 0.793. The van der Waals surface area contributed by atoms with Crippen molar-refractivity contribution in [1.29, 1.82) is 0 Å². The van der Waals surface area contributed by atoms with Crippen LogP contribution in [0.3, 0.4) is 0 Å². The maximum Gasteiger partial charge on any atom is 0.267 e. The van der Waals surface area contributed by atoms with E-state index >= 15 is 0 Å². The van der Waals surface area contributed by atoms with E-state index in [9.17, 15) is 4.79 Å². The molecule has 15 heavy (non-hydrogen) atoms. The molecule has 0 amide bonds. The fourth-order valence-corrected chi connectivity index (χ4v) is 2.91. The topological polar surface area (TPSA) is 49.0 Å². The van der Waals surface area contributed by atoms with E-state index in [4.69, 9.17) is 0 Å². The smallest absolute Gasteiger partial charge is 0.267 e. The van der Waals surface area contributed by atoms with Crippen LogP contribution in [0, 0.1) is 0 Å². The van der Waals surface area contributed by atoms with Gasteiger partial charge in [0.05, 0.1) is 6.33 Å². The molecule has 4 nitrogen and oxygen atoms in total. The Bertz CT molecular complexity index is 387. The minimum Gasteiger partial charge on any atom is -0.355 e. The summed E-state index contributed by atoms with van der Waals surface area (Å²) >= 11 is 5.24. The first kappa shape index (κ1) is 11.0. The summed E-state index contributed by atoms with van der Waals surface area (Å²) in [4.78, 5) is 20.3. The number of thioether (sulfide) groups is 1. The van der Waals surface area contributed by atoms with E-state index in [1.807, 2.05) is 11.8 Å². The van der Waals surface area contributed by atoms with Crippen molar-refractivity contribution >= 4 is 33.5 Å². The molecule has 2 heterocycles. The average Bonchev–Trinajstić information content (AvgIpc) is 2.50. The van der Waals surface area contributed by atoms with Crippen LogP contribution >= 0.6 is 27.7 Å². The molecular weight excluding hydrogens is 278 g/mol. The monoisotopic (exact) mass is 289 g/mol. The standard InChI is InChI=1S/C9H12BrN3OS/c10-7-8(11-6-12-9(7)14)13-2-1-4-15-5-3-13/h6H,1-5H2,(H,11,12,14). The van der Waals surface area contributed by atoms with Crippen molar-refractivity contribution in [3.63, 3.8) is 0 Å². The first-order chi connectivity index (χ1) is 7.29. The van der Waals surface area contributed by atoms with E-state index in [-0.39, 0.29) is 5.56 Å². The third-order valence-corrected chi connectivity index (χ3v) is 4.06. The second-order valence-electron chi connectivity index (χ2n) is 3.32. The molecule has 0 aliphatic carbocycles. The van der Waals surface area contributed by atoms with Gasteiger partial charge in [-0.05, 0) is 28.1 Å². The molecule has 0 atom stereocenters. The van der Waals surface area contributed by atoms with E-state index in [0.717, 1.165) is 31.1 Å². The fourth-order valence-electron chi connectivity index (χ4n) is 1.55. The summed E-state index contributed by atoms with van der Waals surface area (Å²) in [6.45, 7) is 1.93. The second-order valence-corrected chi connectivity index (χ2v) is 5.34. The Labute approximate surface area is 101 Å². The molecule has 1 N–H and O–H groups in total. The Kier molecular flexibility index (Phi) is 3.69. The van der Waals surface area contributed by atoms with E-state index in [0.29, 0.717) is 4.47 Å². The van der Waals surface area contributed by atoms with Gasteiger partial charge in [0.15, 0.2) is 0 Å². The van der Waals surface area contributed by atoms with E-state index < -0.39 is 0 Å². The largest absolute Gasteiger partial charge is 0.355 e. The van der Waals surface area contributed by atoms with Crippen molar-refractivity contribution < 1.29 is 0 Å². The van der Waals surface area contributed by atoms with Crippen molar-refractivity contribution in [3.8, 4) is 0 Å². The Morgan fingerprint density at radius 3 is 3.20 bits per heavy atom. The van der Waals surface area contributed by atoms with Gasteiger partial charge in [-0.25, -0.2) is 4.98 Å². The molecule has 0 spiro atoms. The quantitative estimate of drug-likeness (QED) is 0.851. The van der Waals surface area contributed by atoms with Crippen LogP contribution in [0.25, 0.3) is 0 Å². The summed E-state index contributed by atoms with van der Waals surface area (Å²) in [6.07, 6.45) is 2.60. The number of hydrogen-bond acceptors (Lipinski definition) is 4. The predicted molar refractivity (Wildman–Crippen MR) is 66.7 cm³/mol. The first-order valence-corrected chi connectivity index (χ1v) is 6.79. The number of aromatic amines is 1. The van der Waals surface area contributed by atoms with Gasteiger partial charge >= 0.3 is 0 Å². The van der Waals surface area contributed by atoms with Crippen molar-refractivity contribution in [3.05, 3.63) is 21.2 Å². The van der Waals surface area contributed by atoms with Gasteiger partial charge in [-0.2, -0.15) is 11.8 Å².